The molecular formula is C9H18F2N2O. The highest BCUT2D eigenvalue weighted by atomic mass is 19.3. The summed E-state index contributed by atoms with van der Waals surface area (Å²) in [6, 6.07) is 0. The third kappa shape index (κ3) is 3.15. The summed E-state index contributed by atoms with van der Waals surface area (Å²) in [6.45, 7) is -0.0879. The maximum Gasteiger partial charge on any atom is 0.251 e. The van der Waals surface area contributed by atoms with Gasteiger partial charge in [-0.1, -0.05) is 0 Å². The standard InChI is InChI=1S/C9H18F2N2O/c1-13(4-8(10)11)5-9(12,6-14)7-2-3-7/h7-8,14H,2-6,12H2,1H3. The number of rotatable bonds is 6. The molecule has 1 atom stereocenters. The maximum absolute atomic E-state index is 12.0. The van der Waals surface area contributed by atoms with Crippen molar-refractivity contribution in [1.82, 2.24) is 4.90 Å². The molecule has 1 aliphatic rings. The third-order valence-corrected chi connectivity index (χ3v) is 2.70. The second-order valence-electron chi connectivity index (χ2n) is 4.25. The molecule has 0 spiro atoms. The summed E-state index contributed by atoms with van der Waals surface area (Å²) in [5, 5.41) is 9.14. The van der Waals surface area contributed by atoms with Crippen LogP contribution in [0.5, 0.6) is 0 Å². The molecule has 0 heterocycles. The summed E-state index contributed by atoms with van der Waals surface area (Å²) in [7, 11) is 1.60. The van der Waals surface area contributed by atoms with Crippen molar-refractivity contribution >= 4 is 0 Å². The highest BCUT2D eigenvalue weighted by Gasteiger charge is 2.42. The predicted octanol–water partition coefficient (Wildman–Crippen LogP) is 0.283. The fraction of sp³-hybridized carbons (Fsp3) is 1.00. The molecule has 1 aliphatic carbocycles. The van der Waals surface area contributed by atoms with E-state index in [4.69, 9.17) is 10.8 Å². The first kappa shape index (κ1) is 11.8. The zero-order chi connectivity index (χ0) is 10.8. The van der Waals surface area contributed by atoms with Gasteiger partial charge in [-0.15, -0.1) is 0 Å². The van der Waals surface area contributed by atoms with Gasteiger partial charge in [0.25, 0.3) is 6.43 Å². The van der Waals surface area contributed by atoms with Crippen LogP contribution in [0.25, 0.3) is 0 Å². The Balaban J connectivity index is 2.39. The molecule has 0 bridgehead atoms. The van der Waals surface area contributed by atoms with Crippen LogP contribution >= 0.6 is 0 Å². The topological polar surface area (TPSA) is 49.5 Å². The molecule has 3 nitrogen and oxygen atoms in total. The van der Waals surface area contributed by atoms with E-state index in [-0.39, 0.29) is 13.2 Å². The van der Waals surface area contributed by atoms with E-state index in [1.807, 2.05) is 0 Å². The van der Waals surface area contributed by atoms with Crippen molar-refractivity contribution in [2.24, 2.45) is 11.7 Å². The summed E-state index contributed by atoms with van der Waals surface area (Å²) in [5.41, 5.74) is 5.25. The molecular weight excluding hydrogens is 190 g/mol. The van der Waals surface area contributed by atoms with Gasteiger partial charge in [0.2, 0.25) is 0 Å². The lowest BCUT2D eigenvalue weighted by atomic mass is 9.95. The summed E-state index contributed by atoms with van der Waals surface area (Å²) >= 11 is 0. The molecule has 84 valence electrons. The fourth-order valence-electron chi connectivity index (χ4n) is 1.77. The van der Waals surface area contributed by atoms with Crippen molar-refractivity contribution in [3.8, 4) is 0 Å². The molecule has 0 aromatic heterocycles. The average molecular weight is 208 g/mol. The lowest BCUT2D eigenvalue weighted by Gasteiger charge is -2.32. The Kier molecular flexibility index (Phi) is 3.80. The van der Waals surface area contributed by atoms with Gasteiger partial charge in [0, 0.05) is 6.54 Å². The van der Waals surface area contributed by atoms with E-state index in [9.17, 15) is 8.78 Å². The molecule has 1 saturated carbocycles. The van der Waals surface area contributed by atoms with Crippen LogP contribution in [0.4, 0.5) is 8.78 Å². The van der Waals surface area contributed by atoms with Gasteiger partial charge < -0.3 is 10.8 Å². The Morgan fingerprint density at radius 2 is 2.14 bits per heavy atom. The number of nitrogens with zero attached hydrogens (tertiary/aromatic N) is 1. The van der Waals surface area contributed by atoms with Crippen LogP contribution in [-0.4, -0.2) is 48.7 Å². The lowest BCUT2D eigenvalue weighted by Crippen LogP contribution is -2.54. The van der Waals surface area contributed by atoms with Gasteiger partial charge in [0.1, 0.15) is 0 Å². The van der Waals surface area contributed by atoms with E-state index in [0.717, 1.165) is 12.8 Å². The number of hydrogen-bond acceptors (Lipinski definition) is 3. The van der Waals surface area contributed by atoms with E-state index in [0.29, 0.717) is 12.5 Å². The monoisotopic (exact) mass is 208 g/mol. The Bertz CT molecular complexity index is 188. The number of likely N-dealkylation sites (N-methyl/N-ethyl adjacent to an activating group) is 1. The molecule has 0 radical (unpaired) electrons. The number of halogens is 2. The minimum atomic E-state index is -2.35. The number of hydrogen-bond donors (Lipinski definition) is 2. The Morgan fingerprint density at radius 3 is 2.50 bits per heavy atom. The second-order valence-corrected chi connectivity index (χ2v) is 4.25. The predicted molar refractivity (Wildman–Crippen MR) is 50.2 cm³/mol. The second kappa shape index (κ2) is 4.51. The molecule has 0 amide bonds. The first-order valence-corrected chi connectivity index (χ1v) is 4.84. The van der Waals surface area contributed by atoms with Gasteiger partial charge >= 0.3 is 0 Å². The molecule has 3 N–H and O–H groups in total. The lowest BCUT2D eigenvalue weighted by molar-refractivity contribution is 0.0721. The van der Waals surface area contributed by atoms with Crippen LogP contribution in [0, 0.1) is 5.92 Å². The Morgan fingerprint density at radius 1 is 1.57 bits per heavy atom. The van der Waals surface area contributed by atoms with Crippen molar-refractivity contribution in [3.05, 3.63) is 0 Å². The minimum Gasteiger partial charge on any atom is -0.394 e. The summed E-state index contributed by atoms with van der Waals surface area (Å²) in [6.07, 6.45) is -0.346. The third-order valence-electron chi connectivity index (χ3n) is 2.70. The van der Waals surface area contributed by atoms with Crippen molar-refractivity contribution in [2.75, 3.05) is 26.7 Å². The first-order chi connectivity index (χ1) is 6.48. The molecule has 1 fully saturated rings. The van der Waals surface area contributed by atoms with E-state index in [1.165, 1.54) is 4.90 Å². The number of alkyl halides is 2. The van der Waals surface area contributed by atoms with Crippen molar-refractivity contribution in [3.63, 3.8) is 0 Å². The van der Waals surface area contributed by atoms with Crippen LogP contribution in [0.3, 0.4) is 0 Å². The zero-order valence-electron chi connectivity index (χ0n) is 8.42. The van der Waals surface area contributed by atoms with Crippen LogP contribution in [-0.2, 0) is 0 Å². The molecule has 14 heavy (non-hydrogen) atoms. The largest absolute Gasteiger partial charge is 0.394 e. The molecule has 0 aromatic carbocycles. The number of aliphatic hydroxyl groups is 1. The Labute approximate surface area is 82.9 Å². The molecule has 1 unspecified atom stereocenters. The van der Waals surface area contributed by atoms with Crippen LogP contribution in [0.1, 0.15) is 12.8 Å². The molecule has 1 rings (SSSR count). The Hall–Kier alpha value is -0.260. The quantitative estimate of drug-likeness (QED) is 0.659. The van der Waals surface area contributed by atoms with Gasteiger partial charge in [0.05, 0.1) is 18.7 Å². The minimum absolute atomic E-state index is 0.134. The molecule has 0 aromatic rings. The van der Waals surface area contributed by atoms with Gasteiger partial charge in [-0.05, 0) is 25.8 Å². The van der Waals surface area contributed by atoms with Crippen LogP contribution < -0.4 is 5.73 Å². The van der Waals surface area contributed by atoms with Gasteiger partial charge in [0.15, 0.2) is 0 Å². The van der Waals surface area contributed by atoms with Gasteiger partial charge in [-0.3, -0.25) is 4.90 Å². The van der Waals surface area contributed by atoms with Crippen molar-refractivity contribution < 1.29 is 13.9 Å². The van der Waals surface area contributed by atoms with E-state index >= 15 is 0 Å². The van der Waals surface area contributed by atoms with Crippen LogP contribution in [0.2, 0.25) is 0 Å². The highest BCUT2D eigenvalue weighted by molar-refractivity contribution is 5.00. The van der Waals surface area contributed by atoms with Gasteiger partial charge in [-0.2, -0.15) is 0 Å². The maximum atomic E-state index is 12.0. The zero-order valence-corrected chi connectivity index (χ0v) is 8.42. The smallest absolute Gasteiger partial charge is 0.251 e. The molecule has 0 saturated heterocycles. The normalized spacial score (nSPS) is 21.6. The van der Waals surface area contributed by atoms with Crippen molar-refractivity contribution in [1.29, 1.82) is 0 Å². The fourth-order valence-corrected chi connectivity index (χ4v) is 1.77. The number of aliphatic hydroxyl groups excluding tert-OH is 1. The van der Waals surface area contributed by atoms with E-state index in [2.05, 4.69) is 0 Å². The summed E-state index contributed by atoms with van der Waals surface area (Å²) in [4.78, 5) is 1.49. The SMILES string of the molecule is CN(CC(F)F)CC(N)(CO)C1CC1. The van der Waals surface area contributed by atoms with Gasteiger partial charge in [-0.25, -0.2) is 8.78 Å². The van der Waals surface area contributed by atoms with E-state index < -0.39 is 12.0 Å². The van der Waals surface area contributed by atoms with E-state index in [1.54, 1.807) is 7.05 Å². The highest BCUT2D eigenvalue weighted by Crippen LogP contribution is 2.38. The average Bonchev–Trinajstić information content (AvgIpc) is 2.84. The van der Waals surface area contributed by atoms with Crippen molar-refractivity contribution in [2.45, 2.75) is 24.8 Å². The number of nitrogens with two attached hydrogens (primary N) is 1. The summed E-state index contributed by atoms with van der Waals surface area (Å²) in [5.74, 6) is 0.299. The first-order valence-electron chi connectivity index (χ1n) is 4.84. The molecule has 5 heteroatoms. The van der Waals surface area contributed by atoms with Crippen LogP contribution in [0.15, 0.2) is 0 Å². The molecule has 0 aliphatic heterocycles. The summed E-state index contributed by atoms with van der Waals surface area (Å²) < 4.78 is 24.1.